The van der Waals surface area contributed by atoms with Crippen LogP contribution >= 0.6 is 0 Å². The zero-order valence-corrected chi connectivity index (χ0v) is 7.63. The standard InChI is InChI=1S/CH2O3.Al.H2O.Zn/c2-1(3)4;;;/h(H2,2,3,4);;1H2;/q;+3;;+2/p-2. The number of carboxylic acid groups (broad SMARTS) is 2. The van der Waals surface area contributed by atoms with Crippen LogP contribution in [0.4, 0.5) is 4.79 Å². The molecule has 0 unspecified atom stereocenters. The van der Waals surface area contributed by atoms with Crippen molar-refractivity contribution in [2.24, 2.45) is 0 Å². The second kappa shape index (κ2) is 16.2. The van der Waals surface area contributed by atoms with E-state index < -0.39 is 6.16 Å². The SMILES string of the molecule is O.O=C([O-])[O-].[Al+3].[Zn+2]. The topological polar surface area (TPSA) is 94.7 Å². The summed E-state index contributed by atoms with van der Waals surface area (Å²) < 4.78 is 0. The maximum atomic E-state index is 8.33. The van der Waals surface area contributed by atoms with E-state index in [0.29, 0.717) is 0 Å². The Morgan fingerprint density at radius 2 is 1.29 bits per heavy atom. The first-order chi connectivity index (χ1) is 1.73. The van der Waals surface area contributed by atoms with Gasteiger partial charge in [0.2, 0.25) is 0 Å². The molecule has 0 amide bonds. The van der Waals surface area contributed by atoms with Gasteiger partial charge in [-0.2, -0.15) is 0 Å². The number of carbonyl (C=O) groups excluding carboxylic acids is 1. The van der Waals surface area contributed by atoms with Gasteiger partial charge in [-0.15, -0.1) is 0 Å². The minimum atomic E-state index is -2.33. The smallest absolute Gasteiger partial charge is 0.652 e. The predicted octanol–water partition coefficient (Wildman–Crippen LogP) is -3.65. The summed E-state index contributed by atoms with van der Waals surface area (Å²) in [6.07, 6.45) is -2.33. The van der Waals surface area contributed by atoms with Gasteiger partial charge in [0.05, 0.1) is 0 Å². The third kappa shape index (κ3) is 825. The molecular weight excluding hydrogens is 168 g/mol. The molecule has 0 spiro atoms. The maximum absolute atomic E-state index is 8.33. The fourth-order valence-electron chi connectivity index (χ4n) is 0. The molecule has 0 aromatic rings. The predicted molar refractivity (Wildman–Crippen MR) is 14.8 cm³/mol. The molecule has 0 fully saturated rings. The molecule has 0 bridgehead atoms. The molecule has 32 valence electrons. The van der Waals surface area contributed by atoms with E-state index in [9.17, 15) is 0 Å². The monoisotopic (exact) mass is 169 g/mol. The summed E-state index contributed by atoms with van der Waals surface area (Å²) in [7, 11) is 0. The van der Waals surface area contributed by atoms with E-state index in [0.717, 1.165) is 0 Å². The Morgan fingerprint density at radius 1 is 1.29 bits per heavy atom. The van der Waals surface area contributed by atoms with Crippen LogP contribution in [0, 0.1) is 0 Å². The summed E-state index contributed by atoms with van der Waals surface area (Å²) in [4.78, 5) is 8.33. The van der Waals surface area contributed by atoms with Gasteiger partial charge in [-0.05, 0) is 6.16 Å². The fraction of sp³-hybridized carbons (Fsp3) is 0. The molecule has 6 heteroatoms. The van der Waals surface area contributed by atoms with E-state index in [-0.39, 0.29) is 42.3 Å². The largest absolute Gasteiger partial charge is 3.00 e. The van der Waals surface area contributed by atoms with Crippen molar-refractivity contribution in [2.75, 3.05) is 0 Å². The van der Waals surface area contributed by atoms with Crippen LogP contribution in [0.2, 0.25) is 0 Å². The molecule has 0 atom stereocenters. The summed E-state index contributed by atoms with van der Waals surface area (Å²) in [6.45, 7) is 0. The second-order valence-electron chi connectivity index (χ2n) is 0.250. The second-order valence-corrected chi connectivity index (χ2v) is 0.250. The molecule has 0 aliphatic heterocycles. The van der Waals surface area contributed by atoms with Crippen molar-refractivity contribution < 1.29 is 40.0 Å². The Bertz CT molecular complexity index is 34.7. The van der Waals surface area contributed by atoms with E-state index in [1.165, 1.54) is 0 Å². The fourth-order valence-corrected chi connectivity index (χ4v) is 0. The summed E-state index contributed by atoms with van der Waals surface area (Å²) in [6, 6.07) is 0. The number of hydrogen-bond acceptors (Lipinski definition) is 3. The molecule has 0 saturated heterocycles. The number of rotatable bonds is 0. The van der Waals surface area contributed by atoms with Crippen LogP contribution in [0.1, 0.15) is 0 Å². The van der Waals surface area contributed by atoms with Gasteiger partial charge < -0.3 is 20.5 Å². The van der Waals surface area contributed by atoms with Crippen LogP contribution in [0.5, 0.6) is 0 Å². The molecule has 0 aliphatic carbocycles. The molecule has 2 N–H and O–H groups in total. The summed E-state index contributed by atoms with van der Waals surface area (Å²) in [5.74, 6) is 0. The van der Waals surface area contributed by atoms with Gasteiger partial charge in [-0.3, -0.25) is 0 Å². The first-order valence-corrected chi connectivity index (χ1v) is 0.612. The van der Waals surface area contributed by atoms with Crippen LogP contribution in [0.3, 0.4) is 0 Å². The van der Waals surface area contributed by atoms with E-state index in [1.54, 1.807) is 0 Å². The van der Waals surface area contributed by atoms with E-state index in [2.05, 4.69) is 0 Å². The summed E-state index contributed by atoms with van der Waals surface area (Å²) >= 11 is 0. The van der Waals surface area contributed by atoms with Crippen molar-refractivity contribution in [1.82, 2.24) is 0 Å². The zero-order valence-electron chi connectivity index (χ0n) is 3.51. The van der Waals surface area contributed by atoms with E-state index in [1.807, 2.05) is 0 Å². The normalized spacial score (nSPS) is 3.43. The molecule has 4 nitrogen and oxygen atoms in total. The summed E-state index contributed by atoms with van der Waals surface area (Å²) in [5.41, 5.74) is 0. The van der Waals surface area contributed by atoms with Gasteiger partial charge in [-0.1, -0.05) is 0 Å². The Labute approximate surface area is 63.7 Å². The molecule has 0 saturated carbocycles. The van der Waals surface area contributed by atoms with Crippen LogP contribution in [0.15, 0.2) is 0 Å². The molecule has 0 radical (unpaired) electrons. The van der Waals surface area contributed by atoms with Gasteiger partial charge in [0, 0.05) is 0 Å². The summed E-state index contributed by atoms with van der Waals surface area (Å²) in [5, 5.41) is 16.7. The minimum Gasteiger partial charge on any atom is -0.652 e. The van der Waals surface area contributed by atoms with Crippen LogP contribution in [-0.4, -0.2) is 29.0 Å². The molecule has 7 heavy (non-hydrogen) atoms. The number of carbonyl (C=O) groups is 1. The molecule has 0 heterocycles. The molecule has 0 aromatic heterocycles. The van der Waals surface area contributed by atoms with Crippen molar-refractivity contribution in [3.05, 3.63) is 0 Å². The van der Waals surface area contributed by atoms with Gasteiger partial charge in [-0.25, -0.2) is 0 Å². The Morgan fingerprint density at radius 3 is 1.29 bits per heavy atom. The Kier molecular flexibility index (Phi) is 60.6. The average molecular weight is 170 g/mol. The average Bonchev–Trinajstić information content (AvgIpc) is 0.811. The quantitative estimate of drug-likeness (QED) is 0.351. The maximum Gasteiger partial charge on any atom is 3.00 e. The third-order valence-electron chi connectivity index (χ3n) is 0. The van der Waals surface area contributed by atoms with Gasteiger partial charge >= 0.3 is 36.8 Å². The number of hydrogen-bond donors (Lipinski definition) is 0. The van der Waals surface area contributed by atoms with Crippen molar-refractivity contribution >= 4 is 23.5 Å². The van der Waals surface area contributed by atoms with Crippen LogP contribution in [-0.2, 0) is 19.5 Å². The van der Waals surface area contributed by atoms with E-state index in [4.69, 9.17) is 15.0 Å². The first kappa shape index (κ1) is 26.3. The zero-order chi connectivity index (χ0) is 3.58. The molecule has 0 aromatic carbocycles. The molecule has 0 rings (SSSR count). The Balaban J connectivity index is -0.0000000150. The van der Waals surface area contributed by atoms with Crippen molar-refractivity contribution in [3.8, 4) is 0 Å². The minimum absolute atomic E-state index is 0. The Hall–Kier alpha value is 0.386. The van der Waals surface area contributed by atoms with Crippen molar-refractivity contribution in [3.63, 3.8) is 0 Å². The van der Waals surface area contributed by atoms with Crippen LogP contribution in [0.25, 0.3) is 0 Å². The van der Waals surface area contributed by atoms with Gasteiger partial charge in [0.1, 0.15) is 0 Å². The molecule has 0 aliphatic rings. The third-order valence-corrected chi connectivity index (χ3v) is 0. The van der Waals surface area contributed by atoms with Gasteiger partial charge in [0.15, 0.2) is 0 Å². The van der Waals surface area contributed by atoms with Gasteiger partial charge in [0.25, 0.3) is 0 Å². The van der Waals surface area contributed by atoms with Crippen molar-refractivity contribution in [1.29, 1.82) is 0 Å². The molecular formula is CH2AlO4Zn+3. The van der Waals surface area contributed by atoms with Crippen molar-refractivity contribution in [2.45, 2.75) is 0 Å². The van der Waals surface area contributed by atoms with Crippen LogP contribution < -0.4 is 10.2 Å². The van der Waals surface area contributed by atoms with E-state index >= 15 is 0 Å². The first-order valence-electron chi connectivity index (χ1n) is 0.612.